The molecule has 0 saturated heterocycles. The molecule has 0 fully saturated rings. The average molecular weight is 266 g/mol. The summed E-state index contributed by atoms with van der Waals surface area (Å²) in [5, 5.41) is 0. The molecule has 1 aromatic carbocycles. The Morgan fingerprint density at radius 3 is 2.89 bits per heavy atom. The fourth-order valence-corrected chi connectivity index (χ4v) is 1.76. The van der Waals surface area contributed by atoms with Crippen molar-refractivity contribution in [3.63, 3.8) is 0 Å². The monoisotopic (exact) mass is 265 g/mol. The Morgan fingerprint density at radius 1 is 1.33 bits per heavy atom. The molecule has 0 saturated carbocycles. The van der Waals surface area contributed by atoms with Crippen molar-refractivity contribution in [3.8, 4) is 5.75 Å². The van der Waals surface area contributed by atoms with Gasteiger partial charge in [-0.2, -0.15) is 0 Å². The standard InChI is InChI=1S/C14H13ClFNO/c1-10-3-2-4-17-14(10)9-18-13-6-11(8-15)5-12(16)7-13/h2-7H,8-9H2,1H3. The number of ether oxygens (including phenoxy) is 1. The van der Waals surface area contributed by atoms with E-state index in [1.54, 1.807) is 12.3 Å². The van der Waals surface area contributed by atoms with E-state index in [9.17, 15) is 4.39 Å². The van der Waals surface area contributed by atoms with E-state index in [2.05, 4.69) is 4.98 Å². The van der Waals surface area contributed by atoms with Crippen molar-refractivity contribution in [3.05, 3.63) is 59.2 Å². The first kappa shape index (κ1) is 12.8. The summed E-state index contributed by atoms with van der Waals surface area (Å²) >= 11 is 5.68. The van der Waals surface area contributed by atoms with Gasteiger partial charge in [0.2, 0.25) is 0 Å². The van der Waals surface area contributed by atoms with E-state index in [0.717, 1.165) is 11.3 Å². The fourth-order valence-electron chi connectivity index (χ4n) is 1.60. The molecule has 4 heteroatoms. The lowest BCUT2D eigenvalue weighted by Gasteiger charge is -2.08. The van der Waals surface area contributed by atoms with E-state index in [1.165, 1.54) is 12.1 Å². The summed E-state index contributed by atoms with van der Waals surface area (Å²) < 4.78 is 18.8. The van der Waals surface area contributed by atoms with Crippen LogP contribution in [0.2, 0.25) is 0 Å². The third-order valence-electron chi connectivity index (χ3n) is 2.58. The molecule has 0 aliphatic rings. The zero-order chi connectivity index (χ0) is 13.0. The Morgan fingerprint density at radius 2 is 2.17 bits per heavy atom. The van der Waals surface area contributed by atoms with Gasteiger partial charge in [-0.25, -0.2) is 4.39 Å². The minimum Gasteiger partial charge on any atom is -0.487 e. The molecular weight excluding hydrogens is 253 g/mol. The van der Waals surface area contributed by atoms with Crippen LogP contribution in [0.1, 0.15) is 16.8 Å². The first-order chi connectivity index (χ1) is 8.69. The van der Waals surface area contributed by atoms with Crippen LogP contribution in [-0.2, 0) is 12.5 Å². The second kappa shape index (κ2) is 5.83. The summed E-state index contributed by atoms with van der Waals surface area (Å²) in [4.78, 5) is 4.21. The molecule has 0 radical (unpaired) electrons. The van der Waals surface area contributed by atoms with Crippen molar-refractivity contribution in [2.75, 3.05) is 0 Å². The van der Waals surface area contributed by atoms with Gasteiger partial charge < -0.3 is 4.74 Å². The summed E-state index contributed by atoms with van der Waals surface area (Å²) in [6, 6.07) is 8.29. The Hall–Kier alpha value is -1.61. The van der Waals surface area contributed by atoms with Gasteiger partial charge in [0.15, 0.2) is 0 Å². The van der Waals surface area contributed by atoms with Gasteiger partial charge in [-0.05, 0) is 36.2 Å². The topological polar surface area (TPSA) is 22.1 Å². The predicted molar refractivity (Wildman–Crippen MR) is 69.3 cm³/mol. The van der Waals surface area contributed by atoms with E-state index >= 15 is 0 Å². The van der Waals surface area contributed by atoms with Crippen LogP contribution in [0.15, 0.2) is 36.5 Å². The second-order valence-electron chi connectivity index (χ2n) is 3.98. The van der Waals surface area contributed by atoms with E-state index in [-0.39, 0.29) is 11.7 Å². The lowest BCUT2D eigenvalue weighted by Crippen LogP contribution is -2.01. The van der Waals surface area contributed by atoms with Crippen LogP contribution in [0.25, 0.3) is 0 Å². The molecule has 94 valence electrons. The first-order valence-corrected chi connectivity index (χ1v) is 6.11. The van der Waals surface area contributed by atoms with E-state index in [1.807, 2.05) is 19.1 Å². The predicted octanol–water partition coefficient (Wildman–Crippen LogP) is 3.85. The van der Waals surface area contributed by atoms with Crippen LogP contribution in [0.3, 0.4) is 0 Å². The lowest BCUT2D eigenvalue weighted by atomic mass is 10.2. The van der Waals surface area contributed by atoms with Gasteiger partial charge in [0, 0.05) is 18.1 Å². The highest BCUT2D eigenvalue weighted by Crippen LogP contribution is 2.19. The number of halogens is 2. The number of nitrogens with zero attached hydrogens (tertiary/aromatic N) is 1. The third-order valence-corrected chi connectivity index (χ3v) is 2.89. The van der Waals surface area contributed by atoms with Crippen LogP contribution in [0.5, 0.6) is 5.75 Å². The fraction of sp³-hybridized carbons (Fsp3) is 0.214. The normalized spacial score (nSPS) is 10.4. The van der Waals surface area contributed by atoms with Gasteiger partial charge in [0.05, 0.1) is 5.69 Å². The second-order valence-corrected chi connectivity index (χ2v) is 4.25. The van der Waals surface area contributed by atoms with Gasteiger partial charge in [0.1, 0.15) is 18.2 Å². The number of aryl methyl sites for hydroxylation is 1. The van der Waals surface area contributed by atoms with Crippen LogP contribution < -0.4 is 4.74 Å². The zero-order valence-corrected chi connectivity index (χ0v) is 10.7. The maximum Gasteiger partial charge on any atom is 0.130 e. The molecular formula is C14H13ClFNO. The van der Waals surface area contributed by atoms with Crippen molar-refractivity contribution < 1.29 is 9.13 Å². The van der Waals surface area contributed by atoms with E-state index in [4.69, 9.17) is 16.3 Å². The quantitative estimate of drug-likeness (QED) is 0.784. The molecule has 0 N–H and O–H groups in total. The minimum atomic E-state index is -0.346. The molecule has 18 heavy (non-hydrogen) atoms. The molecule has 1 aromatic heterocycles. The summed E-state index contributed by atoms with van der Waals surface area (Å²) in [7, 11) is 0. The van der Waals surface area contributed by atoms with E-state index < -0.39 is 0 Å². The molecule has 2 aromatic rings. The van der Waals surface area contributed by atoms with Crippen LogP contribution in [0, 0.1) is 12.7 Å². The number of rotatable bonds is 4. The van der Waals surface area contributed by atoms with Crippen LogP contribution >= 0.6 is 11.6 Å². The van der Waals surface area contributed by atoms with E-state index in [0.29, 0.717) is 17.9 Å². The number of pyridine rings is 1. The van der Waals surface area contributed by atoms with Crippen LogP contribution in [-0.4, -0.2) is 4.98 Å². The Balaban J connectivity index is 2.11. The Bertz CT molecular complexity index is 545. The smallest absolute Gasteiger partial charge is 0.130 e. The molecule has 0 atom stereocenters. The molecule has 2 rings (SSSR count). The maximum absolute atomic E-state index is 13.3. The van der Waals surface area contributed by atoms with Crippen molar-refractivity contribution in [2.24, 2.45) is 0 Å². The van der Waals surface area contributed by atoms with Crippen LogP contribution in [0.4, 0.5) is 4.39 Å². The van der Waals surface area contributed by atoms with Crippen molar-refractivity contribution >= 4 is 11.6 Å². The van der Waals surface area contributed by atoms with Crippen molar-refractivity contribution in [1.82, 2.24) is 4.98 Å². The third kappa shape index (κ3) is 3.20. The summed E-state index contributed by atoms with van der Waals surface area (Å²) in [6.07, 6.45) is 1.71. The average Bonchev–Trinajstić information content (AvgIpc) is 2.37. The van der Waals surface area contributed by atoms with Gasteiger partial charge in [0.25, 0.3) is 0 Å². The summed E-state index contributed by atoms with van der Waals surface area (Å²) in [6.45, 7) is 2.28. The Labute approximate surface area is 110 Å². The molecule has 0 bridgehead atoms. The number of hydrogen-bond donors (Lipinski definition) is 0. The molecule has 0 aliphatic heterocycles. The van der Waals surface area contributed by atoms with Crippen molar-refractivity contribution in [2.45, 2.75) is 19.4 Å². The number of benzene rings is 1. The van der Waals surface area contributed by atoms with Gasteiger partial charge in [-0.3, -0.25) is 4.98 Å². The molecule has 0 amide bonds. The minimum absolute atomic E-state index is 0.261. The van der Waals surface area contributed by atoms with Crippen molar-refractivity contribution in [1.29, 1.82) is 0 Å². The molecule has 0 spiro atoms. The SMILES string of the molecule is Cc1cccnc1COc1cc(F)cc(CCl)c1. The summed E-state index contributed by atoms with van der Waals surface area (Å²) in [5.41, 5.74) is 2.59. The number of hydrogen-bond acceptors (Lipinski definition) is 2. The molecule has 0 unspecified atom stereocenters. The summed E-state index contributed by atoms with van der Waals surface area (Å²) in [5.74, 6) is 0.382. The Kier molecular flexibility index (Phi) is 4.15. The number of aromatic nitrogens is 1. The highest BCUT2D eigenvalue weighted by Gasteiger charge is 2.04. The van der Waals surface area contributed by atoms with Gasteiger partial charge in [-0.15, -0.1) is 11.6 Å². The number of alkyl halides is 1. The zero-order valence-electron chi connectivity index (χ0n) is 9.99. The lowest BCUT2D eigenvalue weighted by molar-refractivity contribution is 0.298. The molecule has 0 aliphatic carbocycles. The highest BCUT2D eigenvalue weighted by atomic mass is 35.5. The molecule has 2 nitrogen and oxygen atoms in total. The molecule has 1 heterocycles. The largest absolute Gasteiger partial charge is 0.487 e. The maximum atomic E-state index is 13.3. The highest BCUT2D eigenvalue weighted by molar-refractivity contribution is 6.17. The van der Waals surface area contributed by atoms with Gasteiger partial charge >= 0.3 is 0 Å². The van der Waals surface area contributed by atoms with Gasteiger partial charge in [-0.1, -0.05) is 6.07 Å². The first-order valence-electron chi connectivity index (χ1n) is 5.58.